The third-order valence-electron chi connectivity index (χ3n) is 3.34. The van der Waals surface area contributed by atoms with Crippen LogP contribution in [0.1, 0.15) is 17.0 Å². The highest BCUT2D eigenvalue weighted by Gasteiger charge is 2.23. The van der Waals surface area contributed by atoms with Crippen molar-refractivity contribution in [1.29, 1.82) is 0 Å². The zero-order valence-corrected chi connectivity index (χ0v) is 14.2. The number of aromatic nitrogens is 2. The summed E-state index contributed by atoms with van der Waals surface area (Å²) in [6.45, 7) is 3.38. The number of benzene rings is 1. The zero-order chi connectivity index (χ0) is 16.4. The first kappa shape index (κ1) is 15.9. The number of nitrogens with one attached hydrogen (secondary N) is 1. The van der Waals surface area contributed by atoms with Crippen LogP contribution in [0, 0.1) is 13.8 Å². The zero-order valence-electron chi connectivity index (χ0n) is 12.6. The van der Waals surface area contributed by atoms with E-state index in [2.05, 4.69) is 14.9 Å². The smallest absolute Gasteiger partial charge is 0.246 e. The number of aryl methyl sites for hydroxylation is 2. The fourth-order valence-electron chi connectivity index (χ4n) is 2.24. The fourth-order valence-corrected chi connectivity index (χ4v) is 4.23. The molecular weight excluding hydrogens is 334 g/mol. The molecule has 6 nitrogen and oxygen atoms in total. The first-order valence-corrected chi connectivity index (χ1v) is 9.25. The van der Waals surface area contributed by atoms with Crippen LogP contribution in [0.15, 0.2) is 45.3 Å². The Kier molecular flexibility index (Phi) is 4.29. The van der Waals surface area contributed by atoms with Crippen LogP contribution in [0.3, 0.4) is 0 Å². The molecule has 0 aliphatic heterocycles. The highest BCUT2D eigenvalue weighted by Crippen LogP contribution is 2.22. The Morgan fingerprint density at radius 2 is 1.96 bits per heavy atom. The molecule has 8 heteroatoms. The number of sulfonamides is 1. The summed E-state index contributed by atoms with van der Waals surface area (Å²) in [6, 6.07) is 7.62. The number of nitrogens with zero attached hydrogens (tertiary/aromatic N) is 2. The summed E-state index contributed by atoms with van der Waals surface area (Å²) in [7, 11) is -3.65. The Balaban J connectivity index is 1.73. The maximum absolute atomic E-state index is 12.3. The van der Waals surface area contributed by atoms with Gasteiger partial charge in [-0.05, 0) is 19.4 Å². The topological polar surface area (TPSA) is 85.1 Å². The minimum atomic E-state index is -3.65. The molecule has 0 saturated heterocycles. The van der Waals surface area contributed by atoms with Crippen molar-refractivity contribution in [3.63, 3.8) is 0 Å². The lowest BCUT2D eigenvalue weighted by Gasteiger charge is -2.07. The van der Waals surface area contributed by atoms with E-state index in [4.69, 9.17) is 4.52 Å². The third kappa shape index (κ3) is 3.34. The maximum atomic E-state index is 12.3. The predicted octanol–water partition coefficient (Wildman–Crippen LogP) is 2.89. The molecule has 0 radical (unpaired) electrons. The van der Waals surface area contributed by atoms with Gasteiger partial charge in [0.15, 0.2) is 5.76 Å². The quantitative estimate of drug-likeness (QED) is 0.765. The van der Waals surface area contributed by atoms with Gasteiger partial charge in [-0.1, -0.05) is 29.4 Å². The van der Waals surface area contributed by atoms with Gasteiger partial charge in [0.25, 0.3) is 0 Å². The number of hydrogen-bond acceptors (Lipinski definition) is 6. The Bertz CT molecular complexity index is 879. The van der Waals surface area contributed by atoms with Gasteiger partial charge in [-0.25, -0.2) is 18.1 Å². The summed E-state index contributed by atoms with van der Waals surface area (Å²) in [6.07, 6.45) is 1.76. The molecule has 2 aromatic heterocycles. The molecule has 0 unspecified atom stereocenters. The lowest BCUT2D eigenvalue weighted by Crippen LogP contribution is -2.24. The number of thiazole rings is 1. The second kappa shape index (κ2) is 6.23. The summed E-state index contributed by atoms with van der Waals surface area (Å²) in [5.74, 6) is 0.286. The molecule has 120 valence electrons. The Morgan fingerprint density at radius 1 is 1.22 bits per heavy atom. The van der Waals surface area contributed by atoms with Crippen molar-refractivity contribution in [2.75, 3.05) is 0 Å². The lowest BCUT2D eigenvalue weighted by molar-refractivity contribution is 0.390. The molecule has 0 saturated carbocycles. The molecular formula is C15H15N3O3S2. The molecule has 0 aliphatic carbocycles. The van der Waals surface area contributed by atoms with E-state index in [1.165, 1.54) is 0 Å². The van der Waals surface area contributed by atoms with Crippen LogP contribution < -0.4 is 4.72 Å². The van der Waals surface area contributed by atoms with Crippen LogP contribution >= 0.6 is 11.3 Å². The van der Waals surface area contributed by atoms with Gasteiger partial charge in [0.1, 0.15) is 15.6 Å². The van der Waals surface area contributed by atoms with Gasteiger partial charge < -0.3 is 4.52 Å². The van der Waals surface area contributed by atoms with Crippen molar-refractivity contribution >= 4 is 21.4 Å². The van der Waals surface area contributed by atoms with Crippen molar-refractivity contribution < 1.29 is 12.9 Å². The Labute approximate surface area is 138 Å². The second-order valence-electron chi connectivity index (χ2n) is 5.01. The van der Waals surface area contributed by atoms with E-state index in [1.807, 2.05) is 29.6 Å². The van der Waals surface area contributed by atoms with Crippen molar-refractivity contribution in [3.05, 3.63) is 52.9 Å². The lowest BCUT2D eigenvalue weighted by atomic mass is 10.1. The standard InChI is InChI=1S/C15H15N3O3S2/c1-10-14(11(2)21-18-10)23(19,20)17-9-12-3-5-13(6-4-12)15-16-7-8-22-15/h3-8,17H,9H2,1-2H3. The number of rotatable bonds is 5. The molecule has 0 bridgehead atoms. The van der Waals surface area contributed by atoms with Gasteiger partial charge in [-0.2, -0.15) is 0 Å². The first-order chi connectivity index (χ1) is 11.0. The largest absolute Gasteiger partial charge is 0.360 e. The van der Waals surface area contributed by atoms with Crippen LogP contribution in [0.5, 0.6) is 0 Å². The summed E-state index contributed by atoms with van der Waals surface area (Å²) >= 11 is 1.56. The maximum Gasteiger partial charge on any atom is 0.246 e. The van der Waals surface area contributed by atoms with Crippen LogP contribution in [-0.4, -0.2) is 18.6 Å². The van der Waals surface area contributed by atoms with Gasteiger partial charge in [0.05, 0.1) is 0 Å². The van der Waals surface area contributed by atoms with E-state index < -0.39 is 10.0 Å². The average molecular weight is 349 g/mol. The van der Waals surface area contributed by atoms with E-state index in [-0.39, 0.29) is 17.2 Å². The molecule has 0 atom stereocenters. The van der Waals surface area contributed by atoms with Crippen molar-refractivity contribution in [2.24, 2.45) is 0 Å². The third-order valence-corrected chi connectivity index (χ3v) is 5.80. The van der Waals surface area contributed by atoms with E-state index in [1.54, 1.807) is 31.4 Å². The van der Waals surface area contributed by atoms with Crippen LogP contribution in [0.2, 0.25) is 0 Å². The highest BCUT2D eigenvalue weighted by atomic mass is 32.2. The molecule has 0 spiro atoms. The van der Waals surface area contributed by atoms with Crippen molar-refractivity contribution in [1.82, 2.24) is 14.9 Å². The van der Waals surface area contributed by atoms with Crippen LogP contribution in [0.25, 0.3) is 10.6 Å². The fraction of sp³-hybridized carbons (Fsp3) is 0.200. The molecule has 0 aliphatic rings. The summed E-state index contributed by atoms with van der Waals surface area (Å²) < 4.78 is 32.2. The van der Waals surface area contributed by atoms with E-state index in [0.29, 0.717) is 5.69 Å². The molecule has 0 fully saturated rings. The predicted molar refractivity (Wildman–Crippen MR) is 87.6 cm³/mol. The van der Waals surface area contributed by atoms with Gasteiger partial charge in [-0.15, -0.1) is 11.3 Å². The molecule has 2 heterocycles. The van der Waals surface area contributed by atoms with Gasteiger partial charge in [0.2, 0.25) is 10.0 Å². The van der Waals surface area contributed by atoms with E-state index >= 15 is 0 Å². The van der Waals surface area contributed by atoms with Crippen LogP contribution in [-0.2, 0) is 16.6 Å². The molecule has 1 aromatic carbocycles. The summed E-state index contributed by atoms with van der Waals surface area (Å²) in [5.41, 5.74) is 2.23. The van der Waals surface area contributed by atoms with Gasteiger partial charge in [-0.3, -0.25) is 0 Å². The second-order valence-corrected chi connectivity index (χ2v) is 7.61. The summed E-state index contributed by atoms with van der Waals surface area (Å²) in [5, 5.41) is 6.53. The normalized spacial score (nSPS) is 11.7. The highest BCUT2D eigenvalue weighted by molar-refractivity contribution is 7.89. The van der Waals surface area contributed by atoms with Crippen molar-refractivity contribution in [3.8, 4) is 10.6 Å². The van der Waals surface area contributed by atoms with Crippen LogP contribution in [0.4, 0.5) is 0 Å². The SMILES string of the molecule is Cc1noc(C)c1S(=O)(=O)NCc1ccc(-c2nccs2)cc1. The van der Waals surface area contributed by atoms with E-state index in [9.17, 15) is 8.42 Å². The molecule has 3 aromatic rings. The van der Waals surface area contributed by atoms with Crippen molar-refractivity contribution in [2.45, 2.75) is 25.3 Å². The summed E-state index contributed by atoms with van der Waals surface area (Å²) in [4.78, 5) is 4.35. The Hall–Kier alpha value is -2.03. The monoisotopic (exact) mass is 349 g/mol. The number of hydrogen-bond donors (Lipinski definition) is 1. The minimum absolute atomic E-state index is 0.108. The average Bonchev–Trinajstić information content (AvgIpc) is 3.16. The molecule has 0 amide bonds. The Morgan fingerprint density at radius 3 is 2.52 bits per heavy atom. The minimum Gasteiger partial charge on any atom is -0.360 e. The van der Waals surface area contributed by atoms with Gasteiger partial charge >= 0.3 is 0 Å². The first-order valence-electron chi connectivity index (χ1n) is 6.89. The van der Waals surface area contributed by atoms with Gasteiger partial charge in [0, 0.05) is 23.7 Å². The van der Waals surface area contributed by atoms with E-state index in [0.717, 1.165) is 16.1 Å². The molecule has 3 rings (SSSR count). The molecule has 1 N–H and O–H groups in total. The molecule has 23 heavy (non-hydrogen) atoms.